The maximum atomic E-state index is 12.9. The lowest BCUT2D eigenvalue weighted by molar-refractivity contribution is -0.114. The smallest absolute Gasteiger partial charge is 0.251 e. The number of carbonyl (C=O) groups is 1. The largest absolute Gasteiger partial charge is 0.493 e. The maximum Gasteiger partial charge on any atom is 0.251 e. The van der Waals surface area contributed by atoms with Crippen molar-refractivity contribution in [3.8, 4) is 17.2 Å². The third kappa shape index (κ3) is 3.76. The molecule has 0 unspecified atom stereocenters. The zero-order valence-corrected chi connectivity index (χ0v) is 16.0. The van der Waals surface area contributed by atoms with E-state index in [1.54, 1.807) is 31.0 Å². The van der Waals surface area contributed by atoms with Gasteiger partial charge >= 0.3 is 0 Å². The molecule has 2 aliphatic rings. The van der Waals surface area contributed by atoms with E-state index in [-0.39, 0.29) is 5.91 Å². The molecule has 0 bridgehead atoms. The van der Waals surface area contributed by atoms with E-state index in [0.29, 0.717) is 30.5 Å². The van der Waals surface area contributed by atoms with E-state index < -0.39 is 0 Å². The number of fused-ring (bicyclic) bond motifs is 2. The first-order valence-corrected chi connectivity index (χ1v) is 9.94. The molecule has 0 saturated carbocycles. The summed E-state index contributed by atoms with van der Waals surface area (Å²) in [4.78, 5) is 15.9. The third-order valence-corrected chi connectivity index (χ3v) is 5.62. The van der Waals surface area contributed by atoms with Gasteiger partial charge in [-0.2, -0.15) is 0 Å². The maximum absolute atomic E-state index is 12.9. The lowest BCUT2D eigenvalue weighted by Gasteiger charge is -2.21. The van der Waals surface area contributed by atoms with Crippen LogP contribution in [-0.2, 0) is 4.79 Å². The molecule has 0 atom stereocenters. The summed E-state index contributed by atoms with van der Waals surface area (Å²) in [6, 6.07) is 11.8. The number of carbonyl (C=O) groups excluding carboxylic acids is 1. The predicted octanol–water partition coefficient (Wildman–Crippen LogP) is 4.01. The van der Waals surface area contributed by atoms with Gasteiger partial charge in [0.25, 0.3) is 5.91 Å². The zero-order valence-electron chi connectivity index (χ0n) is 15.1. The Hall–Kier alpha value is -2.60. The summed E-state index contributed by atoms with van der Waals surface area (Å²) in [7, 11) is 1.60. The fourth-order valence-electron chi connectivity index (χ4n) is 3.20. The van der Waals surface area contributed by atoms with Crippen LogP contribution >= 0.6 is 11.8 Å². The number of rotatable bonds is 3. The molecule has 2 aliphatic heterocycles. The topological polar surface area (TPSA) is 48.0 Å². The van der Waals surface area contributed by atoms with Crippen molar-refractivity contribution >= 4 is 29.4 Å². The van der Waals surface area contributed by atoms with Crippen molar-refractivity contribution in [3.63, 3.8) is 0 Å². The van der Waals surface area contributed by atoms with E-state index in [2.05, 4.69) is 6.07 Å². The molecule has 4 rings (SSSR count). The Morgan fingerprint density at radius 1 is 1.22 bits per heavy atom. The minimum absolute atomic E-state index is 0.0289. The molecule has 2 heterocycles. The van der Waals surface area contributed by atoms with Crippen molar-refractivity contribution in [1.29, 1.82) is 0 Å². The van der Waals surface area contributed by atoms with Crippen molar-refractivity contribution in [2.75, 3.05) is 37.5 Å². The average molecular weight is 383 g/mol. The number of thioether (sulfide) groups is 1. The molecule has 2 aromatic rings. The first-order chi connectivity index (χ1) is 13.3. The van der Waals surface area contributed by atoms with Gasteiger partial charge < -0.3 is 19.1 Å². The van der Waals surface area contributed by atoms with Crippen molar-refractivity contribution < 1.29 is 19.0 Å². The highest BCUT2D eigenvalue weighted by atomic mass is 32.2. The van der Waals surface area contributed by atoms with Crippen LogP contribution in [0.1, 0.15) is 12.0 Å². The van der Waals surface area contributed by atoms with Crippen LogP contribution in [0.5, 0.6) is 17.2 Å². The Morgan fingerprint density at radius 2 is 2.07 bits per heavy atom. The Kier molecular flexibility index (Phi) is 5.25. The standard InChI is InChI=1S/C21H21NO4S/c1-24-17-13-15(14-18-21(17)26-11-10-25-18)7-8-20(23)22-9-4-12-27-19-6-3-2-5-16(19)22/h2-3,5-8,13-14H,4,9-12H2,1H3. The highest BCUT2D eigenvalue weighted by Gasteiger charge is 2.20. The van der Waals surface area contributed by atoms with Gasteiger partial charge in [0.05, 0.1) is 12.8 Å². The Morgan fingerprint density at radius 3 is 2.96 bits per heavy atom. The number of hydrogen-bond acceptors (Lipinski definition) is 5. The van der Waals surface area contributed by atoms with Crippen molar-refractivity contribution in [3.05, 3.63) is 48.0 Å². The summed E-state index contributed by atoms with van der Waals surface area (Å²) >= 11 is 1.80. The van der Waals surface area contributed by atoms with E-state index in [1.807, 2.05) is 35.2 Å². The quantitative estimate of drug-likeness (QED) is 0.750. The number of hydrogen-bond donors (Lipinski definition) is 0. The monoisotopic (exact) mass is 383 g/mol. The van der Waals surface area contributed by atoms with Crippen molar-refractivity contribution in [2.45, 2.75) is 11.3 Å². The molecular weight excluding hydrogens is 362 g/mol. The summed E-state index contributed by atoms with van der Waals surface area (Å²) in [5, 5.41) is 0. The number of para-hydroxylation sites is 1. The van der Waals surface area contributed by atoms with E-state index in [1.165, 1.54) is 0 Å². The summed E-state index contributed by atoms with van der Waals surface area (Å²) < 4.78 is 16.7. The van der Waals surface area contributed by atoms with Crippen LogP contribution < -0.4 is 19.1 Å². The number of anilines is 1. The number of nitrogens with zero attached hydrogens (tertiary/aromatic N) is 1. The number of amides is 1. The van der Waals surface area contributed by atoms with Gasteiger partial charge in [-0.25, -0.2) is 0 Å². The Bertz CT molecular complexity index is 863. The lowest BCUT2D eigenvalue weighted by atomic mass is 10.1. The molecule has 5 nitrogen and oxygen atoms in total. The molecule has 0 fully saturated rings. The molecule has 0 spiro atoms. The van der Waals surface area contributed by atoms with E-state index >= 15 is 0 Å². The van der Waals surface area contributed by atoms with Gasteiger partial charge in [-0.1, -0.05) is 12.1 Å². The van der Waals surface area contributed by atoms with Crippen molar-refractivity contribution in [1.82, 2.24) is 0 Å². The first-order valence-electron chi connectivity index (χ1n) is 8.95. The van der Waals surface area contributed by atoms with Gasteiger partial charge in [-0.3, -0.25) is 4.79 Å². The molecule has 140 valence electrons. The minimum atomic E-state index is -0.0289. The predicted molar refractivity (Wildman–Crippen MR) is 107 cm³/mol. The molecular formula is C21H21NO4S. The minimum Gasteiger partial charge on any atom is -0.493 e. The molecule has 27 heavy (non-hydrogen) atoms. The van der Waals surface area contributed by atoms with Gasteiger partial charge in [-0.05, 0) is 48.1 Å². The molecule has 0 N–H and O–H groups in total. The van der Waals surface area contributed by atoms with E-state index in [9.17, 15) is 4.79 Å². The summed E-state index contributed by atoms with van der Waals surface area (Å²) in [6.07, 6.45) is 4.37. The zero-order chi connectivity index (χ0) is 18.6. The Balaban J connectivity index is 1.59. The van der Waals surface area contributed by atoms with Crippen LogP contribution in [0, 0.1) is 0 Å². The lowest BCUT2D eigenvalue weighted by Crippen LogP contribution is -2.30. The number of methoxy groups -OCH3 is 1. The Labute approximate surface area is 162 Å². The third-order valence-electron chi connectivity index (χ3n) is 4.47. The molecule has 0 aliphatic carbocycles. The highest BCUT2D eigenvalue weighted by molar-refractivity contribution is 7.99. The van der Waals surface area contributed by atoms with E-state index in [0.717, 1.165) is 34.9 Å². The molecule has 0 aromatic heterocycles. The van der Waals surface area contributed by atoms with Crippen LogP contribution in [0.4, 0.5) is 5.69 Å². The summed E-state index contributed by atoms with van der Waals surface area (Å²) in [5.74, 6) is 2.86. The normalized spacial score (nSPS) is 16.0. The molecule has 1 amide bonds. The van der Waals surface area contributed by atoms with Crippen LogP contribution in [0.25, 0.3) is 6.08 Å². The molecule has 0 saturated heterocycles. The van der Waals surface area contributed by atoms with Gasteiger partial charge in [0.15, 0.2) is 11.5 Å². The average Bonchev–Trinajstić information content (AvgIpc) is 2.94. The molecule has 0 radical (unpaired) electrons. The summed E-state index contributed by atoms with van der Waals surface area (Å²) in [5.41, 5.74) is 1.82. The van der Waals surface area contributed by atoms with Gasteiger partial charge in [0.2, 0.25) is 5.75 Å². The fourth-order valence-corrected chi connectivity index (χ4v) is 4.20. The van der Waals surface area contributed by atoms with Gasteiger partial charge in [0.1, 0.15) is 13.2 Å². The second-order valence-corrected chi connectivity index (χ2v) is 7.38. The number of benzene rings is 2. The van der Waals surface area contributed by atoms with Crippen LogP contribution in [-0.4, -0.2) is 38.5 Å². The van der Waals surface area contributed by atoms with Crippen LogP contribution in [0.3, 0.4) is 0 Å². The second-order valence-electron chi connectivity index (χ2n) is 6.24. The molecule has 2 aromatic carbocycles. The summed E-state index contributed by atoms with van der Waals surface area (Å²) in [6.45, 7) is 1.73. The number of ether oxygens (including phenoxy) is 3. The first kappa shape index (κ1) is 17.8. The SMILES string of the molecule is COc1cc(C=CC(=O)N2CCCSc3ccccc32)cc2c1OCCO2. The van der Waals surface area contributed by atoms with Crippen LogP contribution in [0.2, 0.25) is 0 Å². The molecule has 6 heteroatoms. The van der Waals surface area contributed by atoms with Crippen LogP contribution in [0.15, 0.2) is 47.4 Å². The fraction of sp³-hybridized carbons (Fsp3) is 0.286. The second kappa shape index (κ2) is 7.96. The van der Waals surface area contributed by atoms with Gasteiger partial charge in [-0.15, -0.1) is 11.8 Å². The van der Waals surface area contributed by atoms with Crippen molar-refractivity contribution in [2.24, 2.45) is 0 Å². The van der Waals surface area contributed by atoms with E-state index in [4.69, 9.17) is 14.2 Å². The van der Waals surface area contributed by atoms with Gasteiger partial charge in [0, 0.05) is 17.5 Å². The highest BCUT2D eigenvalue weighted by Crippen LogP contribution is 2.40.